The summed E-state index contributed by atoms with van der Waals surface area (Å²) in [4.78, 5) is 0. The Kier molecular flexibility index (Phi) is 13.8. The summed E-state index contributed by atoms with van der Waals surface area (Å²) in [5.41, 5.74) is 0. The van der Waals surface area contributed by atoms with E-state index in [1.807, 2.05) is 109 Å². The first kappa shape index (κ1) is 24.8. The number of rotatable bonds is 2. The summed E-state index contributed by atoms with van der Waals surface area (Å²) < 4.78 is 2.26. The van der Waals surface area contributed by atoms with Crippen molar-refractivity contribution < 1.29 is 34.1 Å². The van der Waals surface area contributed by atoms with Crippen molar-refractivity contribution >= 4 is 41.1 Å². The van der Waals surface area contributed by atoms with Crippen LogP contribution in [0.2, 0.25) is 0 Å². The third-order valence-corrected chi connectivity index (χ3v) is 15.1. The second kappa shape index (κ2) is 13.9. The fourth-order valence-electron chi connectivity index (χ4n) is 1.97. The molecule has 0 aliphatic rings. The molecule has 4 aromatic carbocycles. The molecule has 4 aromatic rings. The summed E-state index contributed by atoms with van der Waals surface area (Å²) >= 11 is -3.17. The van der Waals surface area contributed by atoms with Crippen LogP contribution in [0.1, 0.15) is 0 Å². The molecule has 0 unspecified atom stereocenters. The van der Waals surface area contributed by atoms with E-state index in [1.54, 1.807) is 0 Å². The Labute approximate surface area is 182 Å². The monoisotopic (exact) mass is 560 g/mol. The van der Waals surface area contributed by atoms with Crippen LogP contribution in [0.5, 0.6) is 0 Å². The summed E-state index contributed by atoms with van der Waals surface area (Å²) in [6.07, 6.45) is 0. The summed E-state index contributed by atoms with van der Waals surface area (Å²) in [5.74, 6) is 0. The van der Waals surface area contributed by atoms with Gasteiger partial charge in [-0.3, -0.25) is 0 Å². The molecule has 5 heteroatoms. The molecule has 132 valence electrons. The van der Waals surface area contributed by atoms with E-state index in [0.717, 1.165) is 7.16 Å². The van der Waals surface area contributed by atoms with Crippen molar-refractivity contribution in [3.63, 3.8) is 0 Å². The van der Waals surface area contributed by atoms with Crippen LogP contribution < -0.4 is 7.16 Å². The maximum Gasteiger partial charge on any atom is 2.00 e. The van der Waals surface area contributed by atoms with Crippen LogP contribution in [0.4, 0.5) is 0 Å². The van der Waals surface area contributed by atoms with E-state index in [2.05, 4.69) is 0 Å². The fraction of sp³-hybridized carbons (Fsp3) is 0. The molecule has 0 saturated heterocycles. The molecule has 0 aliphatic heterocycles. The van der Waals surface area contributed by atoms with Gasteiger partial charge in [0.25, 0.3) is 0 Å². The smallest absolute Gasteiger partial charge is 0.214 e. The molecule has 25 heavy (non-hydrogen) atoms. The van der Waals surface area contributed by atoms with E-state index >= 15 is 0 Å². The molecule has 0 saturated carbocycles. The maximum atomic E-state index is 6.45. The molecule has 0 N–H and O–H groups in total. The zero-order chi connectivity index (χ0) is 16.4. The Morgan fingerprint density at radius 3 is 1.00 bits per heavy atom. The minimum Gasteiger partial charge on any atom is -0.214 e. The van der Waals surface area contributed by atoms with E-state index in [0.29, 0.717) is 0 Å². The zero-order valence-electron chi connectivity index (χ0n) is 13.4. The van der Waals surface area contributed by atoms with Gasteiger partial charge in [-0.05, 0) is 0 Å². The van der Waals surface area contributed by atoms with E-state index < -0.39 is 16.1 Å². The topological polar surface area (TPSA) is 0 Å². The van der Waals surface area contributed by atoms with Crippen LogP contribution in [0.15, 0.2) is 109 Å². The second-order valence-electron chi connectivity index (χ2n) is 4.85. The van der Waals surface area contributed by atoms with Crippen molar-refractivity contribution in [1.29, 1.82) is 0 Å². The van der Waals surface area contributed by atoms with E-state index in [-0.39, 0.29) is 34.1 Å². The molecule has 0 aliphatic carbocycles. The molecule has 0 amide bonds. The van der Waals surface area contributed by atoms with E-state index in [4.69, 9.17) is 17.8 Å². The van der Waals surface area contributed by atoms with Gasteiger partial charge in [0.15, 0.2) is 0 Å². The minimum atomic E-state index is -3.17. The summed E-state index contributed by atoms with van der Waals surface area (Å²) in [6.45, 7) is 0. The average Bonchev–Trinajstić information content (AvgIpc) is 3.44. The molecular weight excluding hydrogens is 542 g/mol. The van der Waals surface area contributed by atoms with Gasteiger partial charge in [-0.15, -0.1) is 0 Å². The standard InChI is InChI=1S/2C5H5.2C5H4.2ClH.2Fe.Sn/c4*1-2-4-5-3-1;;;;;/h2*1-5H;2*1-4H;2*1H;;;/q4*-1;;;3*+2/p-2. The normalized spacial score (nSPS) is 9.36. The van der Waals surface area contributed by atoms with Gasteiger partial charge < -0.3 is 0 Å². The zero-order valence-corrected chi connectivity index (χ0v) is 19.9. The van der Waals surface area contributed by atoms with Crippen LogP contribution in [-0.4, -0.2) is 16.1 Å². The largest absolute Gasteiger partial charge is 2.00 e. The van der Waals surface area contributed by atoms with E-state index in [9.17, 15) is 0 Å². The minimum absolute atomic E-state index is 0. The predicted octanol–water partition coefficient (Wildman–Crippen LogP) is 4.96. The summed E-state index contributed by atoms with van der Waals surface area (Å²) in [5, 5.41) is 0. The molecular formula is C20H18Cl2Fe2Sn. The first-order valence-corrected chi connectivity index (χ1v) is 17.4. The third-order valence-electron chi connectivity index (χ3n) is 3.16. The molecule has 0 bridgehead atoms. The first-order valence-electron chi connectivity index (χ1n) is 7.37. The average molecular weight is 560 g/mol. The third kappa shape index (κ3) is 8.84. The van der Waals surface area contributed by atoms with Gasteiger partial charge in [-0.1, -0.05) is 0 Å². The summed E-state index contributed by atoms with van der Waals surface area (Å²) in [7, 11) is 12.9. The molecule has 4 rings (SSSR count). The molecule has 0 radical (unpaired) electrons. The van der Waals surface area contributed by atoms with Gasteiger partial charge in [0.2, 0.25) is 0 Å². The molecule has 0 heterocycles. The number of halogens is 2. The van der Waals surface area contributed by atoms with Crippen LogP contribution >= 0.6 is 17.8 Å². The van der Waals surface area contributed by atoms with Gasteiger partial charge in [0.05, 0.1) is 0 Å². The van der Waals surface area contributed by atoms with Crippen molar-refractivity contribution in [2.24, 2.45) is 0 Å². The number of hydrogen-bond acceptors (Lipinski definition) is 0. The van der Waals surface area contributed by atoms with Crippen molar-refractivity contribution in [2.75, 3.05) is 0 Å². The molecule has 0 nitrogen and oxygen atoms in total. The molecule has 0 fully saturated rings. The Morgan fingerprint density at radius 2 is 0.800 bits per heavy atom. The van der Waals surface area contributed by atoms with Gasteiger partial charge in [-0.25, -0.2) is 24.3 Å². The second-order valence-corrected chi connectivity index (χ2v) is 20.3. The van der Waals surface area contributed by atoms with E-state index in [1.165, 1.54) is 0 Å². The van der Waals surface area contributed by atoms with Crippen molar-refractivity contribution in [3.8, 4) is 0 Å². The summed E-state index contributed by atoms with van der Waals surface area (Å²) in [6, 6.07) is 36.0. The fourth-order valence-corrected chi connectivity index (χ4v) is 9.80. The molecule has 0 aromatic heterocycles. The van der Waals surface area contributed by atoms with Crippen molar-refractivity contribution in [2.45, 2.75) is 0 Å². The van der Waals surface area contributed by atoms with Gasteiger partial charge in [-0.2, -0.15) is 36.4 Å². The molecule has 0 atom stereocenters. The van der Waals surface area contributed by atoms with Gasteiger partial charge >= 0.3 is 124 Å². The Bertz CT molecular complexity index is 601. The van der Waals surface area contributed by atoms with Crippen LogP contribution in [0.3, 0.4) is 0 Å². The quantitative estimate of drug-likeness (QED) is 0.241. The number of hydrogen-bond donors (Lipinski definition) is 0. The van der Waals surface area contributed by atoms with Crippen LogP contribution in [-0.2, 0) is 34.1 Å². The van der Waals surface area contributed by atoms with Crippen LogP contribution in [0.25, 0.3) is 0 Å². The van der Waals surface area contributed by atoms with Crippen molar-refractivity contribution in [1.82, 2.24) is 0 Å². The Hall–Kier alpha value is -0.182. The van der Waals surface area contributed by atoms with Gasteiger partial charge in [0, 0.05) is 0 Å². The SMILES string of the molecule is [Cl][Sn]([Cl])([c-]1cccc1)[c-]1cccc1.[Fe+2].[Fe+2].c1cc[cH-]c1.c1cc[cH-]c1. The maximum absolute atomic E-state index is 6.45. The van der Waals surface area contributed by atoms with Crippen molar-refractivity contribution in [3.05, 3.63) is 109 Å². The van der Waals surface area contributed by atoms with Gasteiger partial charge in [0.1, 0.15) is 0 Å². The first-order chi connectivity index (χ1) is 11.2. The molecule has 0 spiro atoms. The Balaban J connectivity index is 0.000000400. The predicted molar refractivity (Wildman–Crippen MR) is 105 cm³/mol. The Morgan fingerprint density at radius 1 is 0.520 bits per heavy atom. The van der Waals surface area contributed by atoms with Crippen LogP contribution in [0, 0.1) is 0 Å².